The fourth-order valence-corrected chi connectivity index (χ4v) is 4.29. The third kappa shape index (κ3) is 3.35. The molecule has 1 atom stereocenters. The van der Waals surface area contributed by atoms with E-state index in [1.165, 1.54) is 29.2 Å². The highest BCUT2D eigenvalue weighted by Crippen LogP contribution is 2.30. The first kappa shape index (κ1) is 17.1. The molecule has 0 radical (unpaired) electrons. The normalized spacial score (nSPS) is 17.9. The zero-order chi connectivity index (χ0) is 17.3. The van der Waals surface area contributed by atoms with Gasteiger partial charge in [0.2, 0.25) is 0 Å². The van der Waals surface area contributed by atoms with E-state index in [2.05, 4.69) is 20.3 Å². The first-order chi connectivity index (χ1) is 11.4. The molecule has 6 nitrogen and oxygen atoms in total. The van der Waals surface area contributed by atoms with Crippen LogP contribution in [0.1, 0.15) is 12.0 Å². The maximum Gasteiger partial charge on any atom is 0.268 e. The fourth-order valence-electron chi connectivity index (χ4n) is 2.54. The number of nitrogens with zero attached hydrogens (tertiary/aromatic N) is 1. The molecule has 2 heterocycles. The predicted octanol–water partition coefficient (Wildman–Crippen LogP) is 2.30. The molecule has 0 aliphatic carbocycles. The number of sulfonamides is 1. The van der Waals surface area contributed by atoms with E-state index < -0.39 is 26.6 Å². The number of halogens is 2. The predicted molar refractivity (Wildman–Crippen MR) is 88.9 cm³/mol. The molecule has 1 aliphatic heterocycles. The summed E-state index contributed by atoms with van der Waals surface area (Å²) in [5.74, 6) is -2.23. The molecular weight excluding hydrogens is 358 g/mol. The highest BCUT2D eigenvalue weighted by molar-refractivity contribution is 7.92. The van der Waals surface area contributed by atoms with Gasteiger partial charge in [-0.15, -0.1) is 11.3 Å². The van der Waals surface area contributed by atoms with Gasteiger partial charge >= 0.3 is 0 Å². The summed E-state index contributed by atoms with van der Waals surface area (Å²) in [7, 11) is -4.41. The molecular formula is C14H16F2N4O2S2. The van der Waals surface area contributed by atoms with E-state index in [0.717, 1.165) is 19.0 Å². The minimum atomic E-state index is -4.41. The van der Waals surface area contributed by atoms with Gasteiger partial charge in [0.15, 0.2) is 16.5 Å². The van der Waals surface area contributed by atoms with Crippen molar-refractivity contribution >= 4 is 32.9 Å². The summed E-state index contributed by atoms with van der Waals surface area (Å²) in [6, 6.07) is 1.07. The van der Waals surface area contributed by atoms with Crippen LogP contribution in [0.2, 0.25) is 0 Å². The van der Waals surface area contributed by atoms with Crippen LogP contribution in [-0.4, -0.2) is 32.5 Å². The van der Waals surface area contributed by atoms with Crippen molar-refractivity contribution in [2.24, 2.45) is 0 Å². The van der Waals surface area contributed by atoms with E-state index in [1.54, 1.807) is 0 Å². The van der Waals surface area contributed by atoms with Gasteiger partial charge in [-0.05, 0) is 26.0 Å². The first-order valence-corrected chi connectivity index (χ1v) is 9.68. The quantitative estimate of drug-likeness (QED) is 0.748. The lowest BCUT2D eigenvalue weighted by molar-refractivity contribution is 0.517. The van der Waals surface area contributed by atoms with Gasteiger partial charge in [-0.2, -0.15) is 0 Å². The summed E-state index contributed by atoms with van der Waals surface area (Å²) >= 11 is 1.17. The van der Waals surface area contributed by atoms with E-state index >= 15 is 0 Å². The van der Waals surface area contributed by atoms with Crippen LogP contribution in [0.15, 0.2) is 21.9 Å². The Kier molecular flexibility index (Phi) is 4.70. The Labute approximate surface area is 142 Å². The minimum Gasteiger partial charge on any atom is -0.381 e. The Hall–Kier alpha value is -1.78. The van der Waals surface area contributed by atoms with E-state index in [9.17, 15) is 17.2 Å². The summed E-state index contributed by atoms with van der Waals surface area (Å²) in [6.07, 6.45) is 0.827. The molecule has 0 bridgehead atoms. The number of rotatable bonds is 5. The van der Waals surface area contributed by atoms with Crippen LogP contribution in [0.4, 0.5) is 20.3 Å². The van der Waals surface area contributed by atoms with Gasteiger partial charge in [-0.1, -0.05) is 0 Å². The van der Waals surface area contributed by atoms with Gasteiger partial charge in [0, 0.05) is 29.2 Å². The lowest BCUT2D eigenvalue weighted by Crippen LogP contribution is -2.24. The number of nitrogens with one attached hydrogen (secondary N) is 3. The summed E-state index contributed by atoms with van der Waals surface area (Å²) in [5.41, 5.74) is 1.73. The highest BCUT2D eigenvalue weighted by Gasteiger charge is 2.28. The second-order valence-electron chi connectivity index (χ2n) is 5.49. The third-order valence-electron chi connectivity index (χ3n) is 3.78. The Morgan fingerprint density at radius 2 is 2.21 bits per heavy atom. The van der Waals surface area contributed by atoms with Crippen molar-refractivity contribution < 1.29 is 17.2 Å². The van der Waals surface area contributed by atoms with Crippen molar-refractivity contribution in [3.63, 3.8) is 0 Å². The van der Waals surface area contributed by atoms with Crippen molar-refractivity contribution in [2.45, 2.75) is 24.3 Å². The van der Waals surface area contributed by atoms with Crippen LogP contribution in [0.25, 0.3) is 0 Å². The van der Waals surface area contributed by atoms with Crippen molar-refractivity contribution in [1.29, 1.82) is 0 Å². The molecule has 0 spiro atoms. The molecule has 3 N–H and O–H groups in total. The lowest BCUT2D eigenvalue weighted by atomic mass is 10.1. The van der Waals surface area contributed by atoms with E-state index in [1.807, 2.05) is 0 Å². The van der Waals surface area contributed by atoms with Gasteiger partial charge in [0.1, 0.15) is 5.82 Å². The van der Waals surface area contributed by atoms with Gasteiger partial charge in [-0.25, -0.2) is 22.2 Å². The highest BCUT2D eigenvalue weighted by atomic mass is 32.2. The van der Waals surface area contributed by atoms with Gasteiger partial charge in [-0.3, -0.25) is 4.72 Å². The molecule has 0 saturated carbocycles. The average molecular weight is 374 g/mol. The molecule has 3 rings (SSSR count). The second-order valence-corrected chi connectivity index (χ2v) is 7.83. The number of anilines is 2. The van der Waals surface area contributed by atoms with Crippen LogP contribution >= 0.6 is 11.3 Å². The Bertz CT molecular complexity index is 835. The average Bonchev–Trinajstić information content (AvgIpc) is 3.17. The Balaban J connectivity index is 1.95. The van der Waals surface area contributed by atoms with E-state index in [4.69, 9.17) is 0 Å². The zero-order valence-electron chi connectivity index (χ0n) is 12.8. The molecule has 2 aromatic rings. The van der Waals surface area contributed by atoms with Crippen molar-refractivity contribution in [3.05, 3.63) is 34.2 Å². The monoisotopic (exact) mass is 374 g/mol. The van der Waals surface area contributed by atoms with E-state index in [0.29, 0.717) is 6.54 Å². The topological polar surface area (TPSA) is 83.1 Å². The number of hydrogen-bond acceptors (Lipinski definition) is 6. The second kappa shape index (κ2) is 6.61. The molecule has 1 aromatic heterocycles. The molecule has 1 fully saturated rings. The SMILES string of the molecule is Cc1c(N[C@H]2CCNC2)cc(F)c(S(=O)(=O)Nc2cscn2)c1F. The molecule has 130 valence electrons. The molecule has 10 heteroatoms. The lowest BCUT2D eigenvalue weighted by Gasteiger charge is -2.18. The molecule has 1 saturated heterocycles. The van der Waals surface area contributed by atoms with Gasteiger partial charge in [0.05, 0.1) is 5.51 Å². The van der Waals surface area contributed by atoms with Gasteiger partial charge in [0.25, 0.3) is 10.0 Å². The largest absolute Gasteiger partial charge is 0.381 e. The molecule has 1 aromatic carbocycles. The van der Waals surface area contributed by atoms with Crippen LogP contribution in [0.5, 0.6) is 0 Å². The molecule has 0 amide bonds. The number of aromatic nitrogens is 1. The molecule has 0 unspecified atom stereocenters. The molecule has 1 aliphatic rings. The van der Waals surface area contributed by atoms with Gasteiger partial charge < -0.3 is 10.6 Å². The standard InChI is InChI=1S/C14H16F2N4O2S2/c1-8-11(19-9-2-3-17-5-9)4-10(15)14(13(8)16)24(21,22)20-12-6-23-7-18-12/h4,6-7,9,17,19-20H,2-3,5H2,1H3/t9-/m0/s1. The number of hydrogen-bond donors (Lipinski definition) is 3. The Morgan fingerprint density at radius 3 is 2.83 bits per heavy atom. The van der Waals surface area contributed by atoms with Crippen LogP contribution < -0.4 is 15.4 Å². The van der Waals surface area contributed by atoms with Crippen LogP contribution in [0.3, 0.4) is 0 Å². The maximum absolute atomic E-state index is 14.6. The van der Waals surface area contributed by atoms with Crippen LogP contribution in [0, 0.1) is 18.6 Å². The number of benzene rings is 1. The molecule has 24 heavy (non-hydrogen) atoms. The van der Waals surface area contributed by atoms with E-state index in [-0.39, 0.29) is 23.1 Å². The fraction of sp³-hybridized carbons (Fsp3) is 0.357. The van der Waals surface area contributed by atoms with Crippen molar-refractivity contribution in [3.8, 4) is 0 Å². The number of thiazole rings is 1. The summed E-state index contributed by atoms with van der Waals surface area (Å²) in [5, 5.41) is 7.62. The van der Waals surface area contributed by atoms with Crippen molar-refractivity contribution in [1.82, 2.24) is 10.3 Å². The first-order valence-electron chi connectivity index (χ1n) is 7.25. The third-order valence-corrected chi connectivity index (χ3v) is 5.76. The maximum atomic E-state index is 14.6. The zero-order valence-corrected chi connectivity index (χ0v) is 14.4. The summed E-state index contributed by atoms with van der Waals surface area (Å²) in [4.78, 5) is 2.76. The van der Waals surface area contributed by atoms with Crippen LogP contribution in [-0.2, 0) is 10.0 Å². The smallest absolute Gasteiger partial charge is 0.268 e. The van der Waals surface area contributed by atoms with Crippen molar-refractivity contribution in [2.75, 3.05) is 23.1 Å². The summed E-state index contributed by atoms with van der Waals surface area (Å²) < 4.78 is 55.6. The summed E-state index contributed by atoms with van der Waals surface area (Å²) in [6.45, 7) is 2.93. The Morgan fingerprint density at radius 1 is 1.42 bits per heavy atom. The minimum absolute atomic E-state index is 0.0238.